The second-order valence-electron chi connectivity index (χ2n) is 9.13. The summed E-state index contributed by atoms with van der Waals surface area (Å²) < 4.78 is 8.43. The first kappa shape index (κ1) is 25.0. The third-order valence-corrected chi connectivity index (χ3v) is 6.17. The fourth-order valence-corrected chi connectivity index (χ4v) is 4.26. The van der Waals surface area contributed by atoms with Crippen LogP contribution in [0.3, 0.4) is 0 Å². The van der Waals surface area contributed by atoms with Crippen LogP contribution in [-0.4, -0.2) is 30.2 Å². The van der Waals surface area contributed by atoms with Gasteiger partial charge in [-0.05, 0) is 37.5 Å². The molecule has 0 aliphatic rings. The van der Waals surface area contributed by atoms with Crippen molar-refractivity contribution in [1.82, 2.24) is 24.3 Å². The summed E-state index contributed by atoms with van der Waals surface area (Å²) in [5.41, 5.74) is 7.16. The number of rotatable bonds is 8. The molecule has 3 N–H and O–H groups in total. The number of hydrogen-bond donors (Lipinski definition) is 2. The first-order valence-corrected chi connectivity index (χ1v) is 11.9. The molecule has 0 radical (unpaired) electrons. The molecule has 0 atom stereocenters. The van der Waals surface area contributed by atoms with Gasteiger partial charge >= 0.3 is 5.69 Å². The van der Waals surface area contributed by atoms with Crippen LogP contribution in [0.4, 0.5) is 11.5 Å². The lowest BCUT2D eigenvalue weighted by Crippen LogP contribution is -2.41. The number of nitrogens with two attached hydrogens (primary N) is 1. The third kappa shape index (κ3) is 4.43. The van der Waals surface area contributed by atoms with E-state index < -0.39 is 17.2 Å². The first-order valence-electron chi connectivity index (χ1n) is 11.9. The van der Waals surface area contributed by atoms with E-state index >= 15 is 0 Å². The van der Waals surface area contributed by atoms with E-state index in [4.69, 9.17) is 15.1 Å². The van der Waals surface area contributed by atoms with E-state index in [9.17, 15) is 14.4 Å². The maximum absolute atomic E-state index is 14.3. The van der Waals surface area contributed by atoms with E-state index in [1.54, 1.807) is 36.9 Å². The lowest BCUT2D eigenvalue weighted by molar-refractivity contribution is 0.0984. The van der Waals surface area contributed by atoms with Crippen molar-refractivity contribution in [3.8, 4) is 0 Å². The van der Waals surface area contributed by atoms with Gasteiger partial charge in [0.25, 0.3) is 11.5 Å². The molecule has 1 amide bonds. The molecule has 190 valence electrons. The maximum atomic E-state index is 14.3. The van der Waals surface area contributed by atoms with Gasteiger partial charge in [-0.1, -0.05) is 27.2 Å². The third-order valence-electron chi connectivity index (χ3n) is 6.17. The minimum atomic E-state index is -0.748. The van der Waals surface area contributed by atoms with Gasteiger partial charge in [-0.3, -0.25) is 28.7 Å². The number of aromatic amines is 1. The second kappa shape index (κ2) is 9.84. The number of pyridine rings is 1. The number of nitrogen functional groups attached to an aromatic ring is 1. The number of carbonyl (C=O) groups excluding carboxylic acids is 1. The van der Waals surface area contributed by atoms with Crippen molar-refractivity contribution in [3.05, 3.63) is 68.0 Å². The van der Waals surface area contributed by atoms with Crippen LogP contribution >= 0.6 is 0 Å². The monoisotopic (exact) mass is 493 g/mol. The van der Waals surface area contributed by atoms with E-state index in [0.29, 0.717) is 46.7 Å². The molecule has 0 aliphatic heterocycles. The smallest absolute Gasteiger partial charge is 0.330 e. The highest BCUT2D eigenvalue weighted by molar-refractivity contribution is 6.14. The molecular formula is C25H31N7O4. The Morgan fingerprint density at radius 1 is 1.31 bits per heavy atom. The van der Waals surface area contributed by atoms with E-state index in [-0.39, 0.29) is 24.0 Å². The summed E-state index contributed by atoms with van der Waals surface area (Å²) in [6, 6.07) is 5.13. The Bertz CT molecular complexity index is 1530. The predicted molar refractivity (Wildman–Crippen MR) is 137 cm³/mol. The molecule has 0 aromatic carbocycles. The Morgan fingerprint density at radius 3 is 2.69 bits per heavy atom. The molecule has 4 rings (SSSR count). The van der Waals surface area contributed by atoms with Crippen LogP contribution in [0.5, 0.6) is 0 Å². The lowest BCUT2D eigenvalue weighted by Gasteiger charge is -2.24. The van der Waals surface area contributed by atoms with Crippen molar-refractivity contribution < 1.29 is 9.21 Å². The van der Waals surface area contributed by atoms with Crippen molar-refractivity contribution in [3.63, 3.8) is 0 Å². The molecule has 11 nitrogen and oxygen atoms in total. The minimum absolute atomic E-state index is 0.0408. The maximum Gasteiger partial charge on any atom is 0.330 e. The molecular weight excluding hydrogens is 462 g/mol. The van der Waals surface area contributed by atoms with Gasteiger partial charge in [-0.25, -0.2) is 9.78 Å². The number of hydrogen-bond acceptors (Lipinski definition) is 7. The number of H-pyrrole nitrogens is 1. The number of anilines is 2. The zero-order valence-electron chi connectivity index (χ0n) is 21.2. The molecule has 0 bridgehead atoms. The van der Waals surface area contributed by atoms with Crippen LogP contribution in [0, 0.1) is 6.92 Å². The molecule has 0 unspecified atom stereocenters. The number of amides is 1. The number of nitrogens with zero attached hydrogens (tertiary/aromatic N) is 5. The fourth-order valence-electron chi connectivity index (χ4n) is 4.26. The Kier molecular flexibility index (Phi) is 6.82. The van der Waals surface area contributed by atoms with Crippen LogP contribution in [0.2, 0.25) is 0 Å². The highest BCUT2D eigenvalue weighted by Crippen LogP contribution is 2.29. The van der Waals surface area contributed by atoms with Gasteiger partial charge < -0.3 is 10.2 Å². The van der Waals surface area contributed by atoms with E-state index in [1.807, 2.05) is 20.8 Å². The molecule has 36 heavy (non-hydrogen) atoms. The van der Waals surface area contributed by atoms with Crippen molar-refractivity contribution in [2.45, 2.75) is 59.5 Å². The molecule has 11 heteroatoms. The minimum Gasteiger partial charge on any atom is -0.467 e. The summed E-state index contributed by atoms with van der Waals surface area (Å²) >= 11 is 0. The van der Waals surface area contributed by atoms with Crippen molar-refractivity contribution >= 4 is 28.4 Å². The largest absolute Gasteiger partial charge is 0.467 e. The Hall–Kier alpha value is -4.15. The number of nitrogens with one attached hydrogen (secondary N) is 1. The normalized spacial score (nSPS) is 11.5. The van der Waals surface area contributed by atoms with Gasteiger partial charge in [0.2, 0.25) is 0 Å². The molecule has 0 fully saturated rings. The number of fused-ring (bicyclic) bond motifs is 1. The quantitative estimate of drug-likeness (QED) is 0.384. The second-order valence-corrected chi connectivity index (χ2v) is 9.13. The number of furan rings is 1. The van der Waals surface area contributed by atoms with E-state index in [1.165, 1.54) is 15.7 Å². The summed E-state index contributed by atoms with van der Waals surface area (Å²) in [7, 11) is 1.77. The molecule has 4 heterocycles. The van der Waals surface area contributed by atoms with E-state index in [0.717, 1.165) is 6.42 Å². The van der Waals surface area contributed by atoms with Crippen LogP contribution in [0.15, 0.2) is 38.5 Å². The Labute approximate surface area is 207 Å². The van der Waals surface area contributed by atoms with Gasteiger partial charge in [0.1, 0.15) is 11.6 Å². The highest BCUT2D eigenvalue weighted by Gasteiger charge is 2.29. The number of aryl methyl sites for hydroxylation is 2. The Morgan fingerprint density at radius 2 is 2.06 bits per heavy atom. The van der Waals surface area contributed by atoms with Gasteiger partial charge in [0.15, 0.2) is 11.3 Å². The van der Waals surface area contributed by atoms with Crippen LogP contribution in [-0.2, 0) is 20.1 Å². The standard InChI is InChI=1S/C25H31N7O4/c1-6-7-10-31-21(26)20(23(33)28-25(31)35)32(13-16-9-8-11-36-16)24(34)17-12-18(14(2)3)27-22-19(17)15(4)29-30(22)5/h8-9,11-12,14H,6-7,10,13,26H2,1-5H3,(H,28,33,35). The molecule has 0 saturated heterocycles. The highest BCUT2D eigenvalue weighted by atomic mass is 16.3. The van der Waals surface area contributed by atoms with E-state index in [2.05, 4.69) is 10.1 Å². The zero-order chi connectivity index (χ0) is 26.1. The van der Waals surface area contributed by atoms with Gasteiger partial charge in [-0.2, -0.15) is 5.10 Å². The van der Waals surface area contributed by atoms with Crippen molar-refractivity contribution in [1.29, 1.82) is 0 Å². The average molecular weight is 494 g/mol. The molecule has 0 aliphatic carbocycles. The number of unbranched alkanes of at least 4 members (excludes halogenated alkanes) is 1. The van der Waals surface area contributed by atoms with Crippen molar-refractivity contribution in [2.75, 3.05) is 10.6 Å². The number of carbonyl (C=O) groups is 1. The average Bonchev–Trinajstić information content (AvgIpc) is 3.44. The van der Waals surface area contributed by atoms with Crippen LogP contribution in [0.25, 0.3) is 11.0 Å². The van der Waals surface area contributed by atoms with Crippen LogP contribution in [0.1, 0.15) is 67.0 Å². The summed E-state index contributed by atoms with van der Waals surface area (Å²) in [6.07, 6.45) is 2.99. The molecule has 0 spiro atoms. The topological polar surface area (TPSA) is 145 Å². The summed E-state index contributed by atoms with van der Waals surface area (Å²) in [4.78, 5) is 48.2. The number of aromatic nitrogens is 5. The lowest BCUT2D eigenvalue weighted by atomic mass is 10.0. The Balaban J connectivity index is 1.97. The first-order chi connectivity index (χ1) is 17.1. The summed E-state index contributed by atoms with van der Waals surface area (Å²) in [5.74, 6) is -0.0612. The van der Waals surface area contributed by atoms with Crippen LogP contribution < -0.4 is 21.9 Å². The van der Waals surface area contributed by atoms with Crippen molar-refractivity contribution in [2.24, 2.45) is 7.05 Å². The summed E-state index contributed by atoms with van der Waals surface area (Å²) in [6.45, 7) is 8.01. The summed E-state index contributed by atoms with van der Waals surface area (Å²) in [5, 5.41) is 5.05. The van der Waals surface area contributed by atoms with Gasteiger partial charge in [-0.15, -0.1) is 0 Å². The zero-order valence-corrected chi connectivity index (χ0v) is 21.2. The SMILES string of the molecule is CCCCn1c(N)c(N(Cc2ccco2)C(=O)c2cc(C(C)C)nc3c2c(C)nn3C)c(=O)[nH]c1=O. The predicted octanol–water partition coefficient (Wildman–Crippen LogP) is 3.07. The molecule has 4 aromatic rings. The molecule has 0 saturated carbocycles. The molecule has 4 aromatic heterocycles. The van der Waals surface area contributed by atoms with Gasteiger partial charge in [0.05, 0.1) is 29.5 Å². The fraction of sp³-hybridized carbons (Fsp3) is 0.400. The van der Waals surface area contributed by atoms with Gasteiger partial charge in [0, 0.05) is 19.3 Å².